The Hall–Kier alpha value is -3.79. The third-order valence-corrected chi connectivity index (χ3v) is 8.27. The Morgan fingerprint density at radius 2 is 1.85 bits per heavy atom. The van der Waals surface area contributed by atoms with E-state index < -0.39 is 12.1 Å². The zero-order chi connectivity index (χ0) is 29.3. The van der Waals surface area contributed by atoms with Crippen molar-refractivity contribution in [3.63, 3.8) is 0 Å². The highest BCUT2D eigenvalue weighted by Crippen LogP contribution is 2.39. The lowest BCUT2D eigenvalue weighted by Gasteiger charge is -2.39. The molecule has 4 atom stereocenters. The number of benzene rings is 2. The van der Waals surface area contributed by atoms with Crippen molar-refractivity contribution in [1.82, 2.24) is 30.4 Å². The standard InChI is InChI=1S/C31H39FN6O3/c1-18(2)16-27(39)37-15-14-22-12-13-26(38(22)31(41)25(17-37)35-30(40)19(3)33-4)29-34-24-7-5-6-23(28(24)36-29)20-8-10-21(32)11-9-20/h5-11,18-19,22,25-26,33H,12-17H2,1-4H3,(H,34,36)(H,35,40)/t19-,22+,25-,26-/m0/s1. The van der Waals surface area contributed by atoms with Gasteiger partial charge in [-0.1, -0.05) is 38.1 Å². The van der Waals surface area contributed by atoms with E-state index in [-0.39, 0.29) is 48.1 Å². The van der Waals surface area contributed by atoms with Crippen molar-refractivity contribution in [2.24, 2.45) is 5.92 Å². The van der Waals surface area contributed by atoms with Gasteiger partial charge in [0, 0.05) is 31.1 Å². The van der Waals surface area contributed by atoms with E-state index in [0.717, 1.165) is 35.0 Å². The summed E-state index contributed by atoms with van der Waals surface area (Å²) in [5.74, 6) is 0.0977. The molecule has 0 unspecified atom stereocenters. The van der Waals surface area contributed by atoms with Gasteiger partial charge in [0.2, 0.25) is 17.7 Å². The highest BCUT2D eigenvalue weighted by molar-refractivity contribution is 5.93. The molecule has 0 aliphatic carbocycles. The number of halogens is 1. The number of aromatic nitrogens is 2. The Kier molecular flexibility index (Phi) is 8.40. The van der Waals surface area contributed by atoms with E-state index in [1.807, 2.05) is 36.9 Å². The predicted molar refractivity (Wildman–Crippen MR) is 155 cm³/mol. The van der Waals surface area contributed by atoms with Gasteiger partial charge in [-0.2, -0.15) is 0 Å². The molecule has 2 saturated heterocycles. The predicted octanol–water partition coefficient (Wildman–Crippen LogP) is 3.77. The fourth-order valence-electron chi connectivity index (χ4n) is 5.95. The number of para-hydroxylation sites is 1. The van der Waals surface area contributed by atoms with E-state index in [9.17, 15) is 18.8 Å². The molecule has 2 aliphatic heterocycles. The van der Waals surface area contributed by atoms with Crippen LogP contribution < -0.4 is 10.6 Å². The first-order valence-corrected chi connectivity index (χ1v) is 14.5. The molecule has 2 fully saturated rings. The number of hydrogen-bond donors (Lipinski definition) is 3. The maximum Gasteiger partial charge on any atom is 0.247 e. The first-order chi connectivity index (χ1) is 19.7. The Bertz CT molecular complexity index is 1420. The van der Waals surface area contributed by atoms with Crippen molar-refractivity contribution in [2.75, 3.05) is 20.1 Å². The van der Waals surface area contributed by atoms with Gasteiger partial charge in [-0.25, -0.2) is 9.37 Å². The summed E-state index contributed by atoms with van der Waals surface area (Å²) in [7, 11) is 1.69. The second-order valence-corrected chi connectivity index (χ2v) is 11.6. The Morgan fingerprint density at radius 1 is 1.10 bits per heavy atom. The van der Waals surface area contributed by atoms with Crippen molar-refractivity contribution in [3.05, 3.63) is 54.1 Å². The van der Waals surface area contributed by atoms with Crippen LogP contribution in [0.25, 0.3) is 22.2 Å². The van der Waals surface area contributed by atoms with Crippen molar-refractivity contribution < 1.29 is 18.8 Å². The molecular weight excluding hydrogens is 523 g/mol. The third kappa shape index (κ3) is 5.98. The van der Waals surface area contributed by atoms with Crippen molar-refractivity contribution in [1.29, 1.82) is 0 Å². The Labute approximate surface area is 239 Å². The molecule has 9 nitrogen and oxygen atoms in total. The number of nitrogens with zero attached hydrogens (tertiary/aromatic N) is 3. The summed E-state index contributed by atoms with van der Waals surface area (Å²) in [6, 6.07) is 10.4. The second-order valence-electron chi connectivity index (χ2n) is 11.6. The molecular formula is C31H39FN6O3. The lowest BCUT2D eigenvalue weighted by Crippen LogP contribution is -2.60. The van der Waals surface area contributed by atoms with Gasteiger partial charge in [-0.05, 0) is 62.9 Å². The van der Waals surface area contributed by atoms with Gasteiger partial charge in [0.05, 0.1) is 23.1 Å². The minimum Gasteiger partial charge on any atom is -0.341 e. The summed E-state index contributed by atoms with van der Waals surface area (Å²) >= 11 is 0. The summed E-state index contributed by atoms with van der Waals surface area (Å²) in [4.78, 5) is 52.2. The van der Waals surface area contributed by atoms with Crippen LogP contribution in [0.1, 0.15) is 58.3 Å². The molecule has 0 radical (unpaired) electrons. The molecule has 5 rings (SSSR count). The first-order valence-electron chi connectivity index (χ1n) is 14.5. The summed E-state index contributed by atoms with van der Waals surface area (Å²) in [6.45, 7) is 6.39. The summed E-state index contributed by atoms with van der Waals surface area (Å²) in [5, 5.41) is 5.85. The number of carbonyl (C=O) groups is 3. The van der Waals surface area contributed by atoms with Gasteiger partial charge < -0.3 is 25.4 Å². The van der Waals surface area contributed by atoms with Crippen LogP contribution in [0, 0.1) is 11.7 Å². The van der Waals surface area contributed by atoms with Gasteiger partial charge in [0.1, 0.15) is 17.7 Å². The van der Waals surface area contributed by atoms with E-state index in [1.165, 1.54) is 12.1 Å². The number of amides is 3. The van der Waals surface area contributed by atoms with Crippen LogP contribution >= 0.6 is 0 Å². The van der Waals surface area contributed by atoms with Crippen molar-refractivity contribution >= 4 is 28.8 Å². The van der Waals surface area contributed by atoms with E-state index in [0.29, 0.717) is 25.2 Å². The summed E-state index contributed by atoms with van der Waals surface area (Å²) < 4.78 is 13.6. The topological polar surface area (TPSA) is 110 Å². The first kappa shape index (κ1) is 28.7. The molecule has 218 valence electrons. The molecule has 10 heteroatoms. The molecule has 1 aromatic heterocycles. The zero-order valence-electron chi connectivity index (χ0n) is 24.1. The lowest BCUT2D eigenvalue weighted by molar-refractivity contribution is -0.144. The fraction of sp³-hybridized carbons (Fsp3) is 0.484. The molecule has 0 saturated carbocycles. The number of imidazole rings is 1. The number of nitrogens with one attached hydrogen (secondary N) is 3. The SMILES string of the molecule is CN[C@@H](C)C(=O)N[C@H]1CN(C(=O)CC(C)C)CC[C@H]2CC[C@@H](c3nc4c(-c5ccc(F)cc5)cccc4[nH]3)N2C1=O. The Balaban J connectivity index is 1.47. The number of carbonyl (C=O) groups excluding carboxylic acids is 3. The van der Waals surface area contributed by atoms with E-state index >= 15 is 0 Å². The molecule has 3 heterocycles. The average Bonchev–Trinajstić information content (AvgIpc) is 3.57. The quantitative estimate of drug-likeness (QED) is 0.406. The van der Waals surface area contributed by atoms with E-state index in [2.05, 4.69) is 15.6 Å². The highest BCUT2D eigenvalue weighted by Gasteiger charge is 2.44. The molecule has 41 heavy (non-hydrogen) atoms. The minimum atomic E-state index is -0.864. The molecule has 0 spiro atoms. The average molecular weight is 563 g/mol. The van der Waals surface area contributed by atoms with Gasteiger partial charge in [-0.15, -0.1) is 0 Å². The third-order valence-electron chi connectivity index (χ3n) is 8.27. The second kappa shape index (κ2) is 12.0. The van der Waals surface area contributed by atoms with Gasteiger partial charge in [-0.3, -0.25) is 14.4 Å². The molecule has 3 N–H and O–H groups in total. The van der Waals surface area contributed by atoms with Crippen LogP contribution in [-0.2, 0) is 14.4 Å². The van der Waals surface area contributed by atoms with E-state index in [4.69, 9.17) is 4.98 Å². The Morgan fingerprint density at radius 3 is 2.56 bits per heavy atom. The normalized spacial score (nSPS) is 22.0. The number of fused-ring (bicyclic) bond motifs is 2. The number of aromatic amines is 1. The molecule has 2 aromatic carbocycles. The maximum atomic E-state index is 14.2. The van der Waals surface area contributed by atoms with Crippen LogP contribution in [-0.4, -0.2) is 75.8 Å². The van der Waals surface area contributed by atoms with Crippen molar-refractivity contribution in [2.45, 2.75) is 70.6 Å². The number of H-pyrrole nitrogens is 1. The smallest absolute Gasteiger partial charge is 0.247 e. The van der Waals surface area contributed by atoms with Crippen LogP contribution in [0.2, 0.25) is 0 Å². The van der Waals surface area contributed by atoms with Gasteiger partial charge in [0.15, 0.2) is 0 Å². The van der Waals surface area contributed by atoms with Crippen LogP contribution in [0.4, 0.5) is 4.39 Å². The maximum absolute atomic E-state index is 14.2. The number of rotatable bonds is 7. The number of likely N-dealkylation sites (N-methyl/N-ethyl adjacent to an activating group) is 1. The van der Waals surface area contributed by atoms with Crippen molar-refractivity contribution in [3.8, 4) is 11.1 Å². The summed E-state index contributed by atoms with van der Waals surface area (Å²) in [5.41, 5.74) is 3.33. The van der Waals surface area contributed by atoms with Crippen LogP contribution in [0.5, 0.6) is 0 Å². The molecule has 3 amide bonds. The number of hydrogen-bond acceptors (Lipinski definition) is 5. The lowest BCUT2D eigenvalue weighted by atomic mass is 10.0. The van der Waals surface area contributed by atoms with Gasteiger partial charge in [0.25, 0.3) is 0 Å². The monoisotopic (exact) mass is 562 g/mol. The van der Waals surface area contributed by atoms with Gasteiger partial charge >= 0.3 is 0 Å². The largest absolute Gasteiger partial charge is 0.341 e. The molecule has 3 aromatic rings. The molecule has 0 bridgehead atoms. The zero-order valence-corrected chi connectivity index (χ0v) is 24.1. The van der Waals surface area contributed by atoms with Crippen LogP contribution in [0.3, 0.4) is 0 Å². The summed E-state index contributed by atoms with van der Waals surface area (Å²) in [6.07, 6.45) is 2.56. The fourth-order valence-corrected chi connectivity index (χ4v) is 5.95. The highest BCUT2D eigenvalue weighted by atomic mass is 19.1. The van der Waals surface area contributed by atoms with Crippen LogP contribution in [0.15, 0.2) is 42.5 Å². The minimum absolute atomic E-state index is 0.00215. The molecule has 2 aliphatic rings. The van der Waals surface area contributed by atoms with E-state index in [1.54, 1.807) is 31.0 Å².